The lowest BCUT2D eigenvalue weighted by Gasteiger charge is -2.09. The average molecular weight is 322 g/mol. The number of carbonyl (C=O) groups is 1. The Labute approximate surface area is 130 Å². The lowest BCUT2D eigenvalue weighted by atomic mass is 10.1. The Morgan fingerprint density at radius 3 is 2.86 bits per heavy atom. The molecule has 1 heterocycles. The lowest BCUT2D eigenvalue weighted by Crippen LogP contribution is -2.13. The number of hydrogen-bond donors (Lipinski definition) is 2. The zero-order valence-electron chi connectivity index (χ0n) is 11.8. The summed E-state index contributed by atoms with van der Waals surface area (Å²) in [7, 11) is -1.00. The minimum Gasteiger partial charge on any atom is -0.398 e. The van der Waals surface area contributed by atoms with E-state index in [-0.39, 0.29) is 5.91 Å². The Hall–Kier alpha value is -1.66. The zero-order chi connectivity index (χ0) is 15.2. The molecule has 0 aliphatic heterocycles. The average Bonchev–Trinajstić information content (AvgIpc) is 2.98. The van der Waals surface area contributed by atoms with Gasteiger partial charge in [-0.2, -0.15) is 0 Å². The molecule has 1 aromatic carbocycles. The van der Waals surface area contributed by atoms with Crippen LogP contribution in [-0.2, 0) is 15.6 Å². The number of thiophene rings is 1. The molecule has 0 fully saturated rings. The van der Waals surface area contributed by atoms with Gasteiger partial charge in [0.25, 0.3) is 0 Å². The monoisotopic (exact) mass is 322 g/mol. The van der Waals surface area contributed by atoms with Gasteiger partial charge in [-0.05, 0) is 42.5 Å². The highest BCUT2D eigenvalue weighted by molar-refractivity contribution is 7.87. The molecule has 0 aliphatic rings. The summed E-state index contributed by atoms with van der Waals surface area (Å²) in [6, 6.07) is 9.18. The molecule has 0 spiro atoms. The van der Waals surface area contributed by atoms with Crippen molar-refractivity contribution in [2.45, 2.75) is 24.0 Å². The molecule has 0 saturated heterocycles. The molecule has 0 bridgehead atoms. The van der Waals surface area contributed by atoms with Crippen LogP contribution in [0.5, 0.6) is 0 Å². The molecule has 2 aromatic rings. The van der Waals surface area contributed by atoms with Crippen LogP contribution >= 0.6 is 11.3 Å². The predicted octanol–water partition coefficient (Wildman–Crippen LogP) is 3.17. The van der Waals surface area contributed by atoms with Crippen molar-refractivity contribution in [3.63, 3.8) is 0 Å². The van der Waals surface area contributed by atoms with E-state index in [2.05, 4.69) is 5.32 Å². The Morgan fingerprint density at radius 2 is 2.14 bits per heavy atom. The van der Waals surface area contributed by atoms with Gasteiger partial charge < -0.3 is 11.1 Å². The van der Waals surface area contributed by atoms with Crippen LogP contribution in [0.2, 0.25) is 0 Å². The Balaban J connectivity index is 1.80. The highest BCUT2D eigenvalue weighted by Crippen LogP contribution is 2.21. The van der Waals surface area contributed by atoms with Crippen molar-refractivity contribution in [1.29, 1.82) is 0 Å². The maximum absolute atomic E-state index is 11.9. The van der Waals surface area contributed by atoms with Crippen molar-refractivity contribution in [2.75, 3.05) is 16.8 Å². The number of benzene rings is 1. The Morgan fingerprint density at radius 1 is 1.33 bits per heavy atom. The first kappa shape index (κ1) is 15.7. The number of carbonyl (C=O) groups excluding carboxylic acids is 1. The van der Waals surface area contributed by atoms with Crippen molar-refractivity contribution in [3.05, 3.63) is 41.3 Å². The van der Waals surface area contributed by atoms with Gasteiger partial charge in [0.2, 0.25) is 5.91 Å². The molecule has 2 rings (SSSR count). The second-order valence-corrected chi connectivity index (χ2v) is 7.40. The Bertz CT molecular complexity index is 639. The molecule has 0 radical (unpaired) electrons. The number of amides is 1. The first-order valence-electron chi connectivity index (χ1n) is 6.65. The summed E-state index contributed by atoms with van der Waals surface area (Å²) in [6.07, 6.45) is 0.947. The summed E-state index contributed by atoms with van der Waals surface area (Å²) in [6.45, 7) is 1.87. The SMILES string of the molecule is Cc1c(N)cccc1NC(=O)CCCS(=O)c1cccs1. The van der Waals surface area contributed by atoms with Gasteiger partial charge in [-0.15, -0.1) is 11.3 Å². The fraction of sp³-hybridized carbons (Fsp3) is 0.267. The Kier molecular flexibility index (Phi) is 5.52. The van der Waals surface area contributed by atoms with Gasteiger partial charge in [-0.1, -0.05) is 12.1 Å². The fourth-order valence-electron chi connectivity index (χ4n) is 1.86. The van der Waals surface area contributed by atoms with Crippen LogP contribution in [-0.4, -0.2) is 15.9 Å². The van der Waals surface area contributed by atoms with Crippen LogP contribution in [0.1, 0.15) is 18.4 Å². The maximum atomic E-state index is 11.9. The van der Waals surface area contributed by atoms with Crippen LogP contribution in [0.3, 0.4) is 0 Å². The molecule has 0 saturated carbocycles. The van der Waals surface area contributed by atoms with Crippen LogP contribution in [0, 0.1) is 6.92 Å². The van der Waals surface area contributed by atoms with Crippen LogP contribution in [0.25, 0.3) is 0 Å². The van der Waals surface area contributed by atoms with E-state index >= 15 is 0 Å². The van der Waals surface area contributed by atoms with E-state index in [4.69, 9.17) is 5.73 Å². The minimum atomic E-state index is -1.00. The molecule has 112 valence electrons. The van der Waals surface area contributed by atoms with E-state index in [0.29, 0.717) is 24.3 Å². The van der Waals surface area contributed by atoms with E-state index < -0.39 is 10.8 Å². The molecule has 1 amide bonds. The molecule has 21 heavy (non-hydrogen) atoms. The lowest BCUT2D eigenvalue weighted by molar-refractivity contribution is -0.116. The number of hydrogen-bond acceptors (Lipinski definition) is 4. The third-order valence-electron chi connectivity index (χ3n) is 3.10. The predicted molar refractivity (Wildman–Crippen MR) is 89.0 cm³/mol. The largest absolute Gasteiger partial charge is 0.398 e. The highest BCUT2D eigenvalue weighted by Gasteiger charge is 2.09. The summed E-state index contributed by atoms with van der Waals surface area (Å²) in [5, 5.41) is 4.75. The topological polar surface area (TPSA) is 72.2 Å². The van der Waals surface area contributed by atoms with Crippen molar-refractivity contribution in [1.82, 2.24) is 0 Å². The highest BCUT2D eigenvalue weighted by atomic mass is 32.2. The summed E-state index contributed by atoms with van der Waals surface area (Å²) in [5.41, 5.74) is 8.06. The number of rotatable bonds is 6. The second-order valence-electron chi connectivity index (χ2n) is 4.65. The smallest absolute Gasteiger partial charge is 0.224 e. The number of anilines is 2. The number of nitrogens with one attached hydrogen (secondary N) is 1. The molecule has 3 N–H and O–H groups in total. The molecule has 1 aromatic heterocycles. The van der Waals surface area contributed by atoms with Crippen molar-refractivity contribution in [2.24, 2.45) is 0 Å². The number of nitrogens with two attached hydrogens (primary N) is 1. The second kappa shape index (κ2) is 7.38. The first-order valence-corrected chi connectivity index (χ1v) is 8.84. The third-order valence-corrected chi connectivity index (χ3v) is 5.86. The van der Waals surface area contributed by atoms with Gasteiger partial charge in [0.1, 0.15) is 0 Å². The van der Waals surface area contributed by atoms with Crippen molar-refractivity contribution in [3.8, 4) is 0 Å². The summed E-state index contributed by atoms with van der Waals surface area (Å²) in [5.74, 6) is 0.427. The first-order chi connectivity index (χ1) is 10.1. The van der Waals surface area contributed by atoms with Gasteiger partial charge >= 0.3 is 0 Å². The molecule has 6 heteroatoms. The molecule has 4 nitrogen and oxygen atoms in total. The number of nitrogen functional groups attached to an aromatic ring is 1. The van der Waals surface area contributed by atoms with Gasteiger partial charge in [-0.25, -0.2) is 0 Å². The summed E-state index contributed by atoms with van der Waals surface area (Å²) < 4.78 is 12.8. The van der Waals surface area contributed by atoms with E-state index in [0.717, 1.165) is 15.5 Å². The normalized spacial score (nSPS) is 12.0. The molecule has 1 unspecified atom stereocenters. The van der Waals surface area contributed by atoms with E-state index in [1.165, 1.54) is 11.3 Å². The van der Waals surface area contributed by atoms with Crippen LogP contribution in [0.15, 0.2) is 39.9 Å². The summed E-state index contributed by atoms with van der Waals surface area (Å²) in [4.78, 5) is 11.9. The van der Waals surface area contributed by atoms with Crippen LogP contribution < -0.4 is 11.1 Å². The van der Waals surface area contributed by atoms with Crippen LogP contribution in [0.4, 0.5) is 11.4 Å². The fourth-order valence-corrected chi connectivity index (χ4v) is 3.99. The third kappa shape index (κ3) is 4.41. The molecular weight excluding hydrogens is 304 g/mol. The van der Waals surface area contributed by atoms with Gasteiger partial charge in [0.15, 0.2) is 0 Å². The quantitative estimate of drug-likeness (QED) is 0.802. The van der Waals surface area contributed by atoms with Crippen molar-refractivity contribution >= 4 is 39.4 Å². The maximum Gasteiger partial charge on any atom is 0.224 e. The van der Waals surface area contributed by atoms with E-state index in [1.54, 1.807) is 6.07 Å². The molecule has 1 atom stereocenters. The molecular formula is C15H18N2O2S2. The van der Waals surface area contributed by atoms with Gasteiger partial charge in [0.05, 0.1) is 15.0 Å². The van der Waals surface area contributed by atoms with Gasteiger partial charge in [-0.3, -0.25) is 9.00 Å². The molecule has 0 aliphatic carbocycles. The van der Waals surface area contributed by atoms with E-state index in [1.807, 2.05) is 36.6 Å². The van der Waals surface area contributed by atoms with Gasteiger partial charge in [0, 0.05) is 23.5 Å². The van der Waals surface area contributed by atoms with E-state index in [9.17, 15) is 9.00 Å². The minimum absolute atomic E-state index is 0.0770. The summed E-state index contributed by atoms with van der Waals surface area (Å²) >= 11 is 1.48. The van der Waals surface area contributed by atoms with Crippen molar-refractivity contribution < 1.29 is 9.00 Å². The standard InChI is InChI=1S/C15H18N2O2S2/c1-11-12(16)5-2-6-13(11)17-14(18)7-4-10-21(19)15-8-3-9-20-15/h2-3,5-6,8-9H,4,7,10,16H2,1H3,(H,17,18). The zero-order valence-corrected chi connectivity index (χ0v) is 13.4.